The molecule has 10 heteroatoms. The van der Waals surface area contributed by atoms with E-state index in [1.807, 2.05) is 13.1 Å². The maximum Gasteiger partial charge on any atom is 0.219 e. The smallest absolute Gasteiger partial charge is 0.219 e. The normalized spacial score (nSPS) is 11.1. The van der Waals surface area contributed by atoms with E-state index < -0.39 is 0 Å². The first-order valence-electron chi connectivity index (χ1n) is 10.4. The van der Waals surface area contributed by atoms with Crippen LogP contribution in [0.3, 0.4) is 0 Å². The quantitative estimate of drug-likeness (QED) is 0.289. The lowest BCUT2D eigenvalue weighted by atomic mass is 10.2. The molecular weight excluding hydrogens is 378 g/mol. The number of nitrogens with two attached hydrogens (primary N) is 1. The summed E-state index contributed by atoms with van der Waals surface area (Å²) in [4.78, 5) is 11.0. The monoisotopic (exact) mass is 415 g/mol. The zero-order valence-corrected chi connectivity index (χ0v) is 17.6. The first-order valence-corrected chi connectivity index (χ1v) is 10.4. The molecule has 29 heavy (non-hydrogen) atoms. The number of unbranched alkanes of at least 4 members (excludes halogenated alkanes) is 1. The van der Waals surface area contributed by atoms with Gasteiger partial charge < -0.3 is 30.0 Å². The zero-order valence-electron chi connectivity index (χ0n) is 17.6. The summed E-state index contributed by atoms with van der Waals surface area (Å²) in [5.74, 6) is 0.0348. The van der Waals surface area contributed by atoms with Gasteiger partial charge in [-0.2, -0.15) is 0 Å². The van der Waals surface area contributed by atoms with Crippen LogP contribution in [0.1, 0.15) is 31.9 Å². The summed E-state index contributed by atoms with van der Waals surface area (Å²) in [6.45, 7) is 7.91. The Bertz CT molecular complexity index is 515. The SMILES string of the molecule is CCC(=O)NCCOCCOCCOCCOCCn1cc(CCCCN)nn1. The minimum atomic E-state index is 0.0348. The fraction of sp³-hybridized carbons (Fsp3) is 0.842. The van der Waals surface area contributed by atoms with Crippen LogP contribution in [0.5, 0.6) is 0 Å². The van der Waals surface area contributed by atoms with Crippen LogP contribution < -0.4 is 11.1 Å². The van der Waals surface area contributed by atoms with Crippen LogP contribution in [0.4, 0.5) is 0 Å². The van der Waals surface area contributed by atoms with Crippen molar-refractivity contribution in [1.29, 1.82) is 0 Å². The summed E-state index contributed by atoms with van der Waals surface area (Å²) >= 11 is 0. The Kier molecular flexibility index (Phi) is 16.2. The van der Waals surface area contributed by atoms with Crippen molar-refractivity contribution in [3.05, 3.63) is 11.9 Å². The fourth-order valence-electron chi connectivity index (χ4n) is 2.32. The molecule has 1 aromatic rings. The lowest BCUT2D eigenvalue weighted by Gasteiger charge is -2.08. The maximum atomic E-state index is 11.0. The molecule has 0 bridgehead atoms. The average molecular weight is 416 g/mol. The molecule has 168 valence electrons. The van der Waals surface area contributed by atoms with Gasteiger partial charge >= 0.3 is 0 Å². The minimum absolute atomic E-state index is 0.0348. The predicted octanol–water partition coefficient (Wildman–Crippen LogP) is 0.152. The largest absolute Gasteiger partial charge is 0.377 e. The number of aryl methyl sites for hydroxylation is 1. The second-order valence-electron chi connectivity index (χ2n) is 6.37. The highest BCUT2D eigenvalue weighted by molar-refractivity contribution is 5.75. The Morgan fingerprint density at radius 1 is 1.00 bits per heavy atom. The van der Waals surface area contributed by atoms with Crippen LogP contribution in [0.15, 0.2) is 6.20 Å². The molecule has 1 rings (SSSR count). The first kappa shape index (κ1) is 25.4. The number of carbonyl (C=O) groups is 1. The van der Waals surface area contributed by atoms with Crippen molar-refractivity contribution in [3.8, 4) is 0 Å². The molecule has 1 aromatic heterocycles. The third-order valence-electron chi connectivity index (χ3n) is 3.94. The molecule has 0 aromatic carbocycles. The highest BCUT2D eigenvalue weighted by atomic mass is 16.6. The van der Waals surface area contributed by atoms with E-state index in [0.29, 0.717) is 78.9 Å². The van der Waals surface area contributed by atoms with Crippen molar-refractivity contribution in [2.24, 2.45) is 5.73 Å². The Morgan fingerprint density at radius 3 is 2.24 bits per heavy atom. The number of amides is 1. The second kappa shape index (κ2) is 18.4. The van der Waals surface area contributed by atoms with Crippen molar-refractivity contribution in [2.45, 2.75) is 39.2 Å². The molecule has 1 amide bonds. The standard InChI is InChI=1S/C19H37N5O5/c1-2-19(25)21-7-9-26-11-13-28-15-16-29-14-12-27-10-8-24-17-18(22-23-24)5-3-4-6-20/h17H,2-16,20H2,1H3,(H,21,25). The third-order valence-corrected chi connectivity index (χ3v) is 3.94. The zero-order chi connectivity index (χ0) is 21.0. The van der Waals surface area contributed by atoms with E-state index >= 15 is 0 Å². The van der Waals surface area contributed by atoms with Crippen molar-refractivity contribution in [1.82, 2.24) is 20.3 Å². The van der Waals surface area contributed by atoms with Gasteiger partial charge in [0.1, 0.15) is 0 Å². The molecule has 0 fully saturated rings. The molecule has 10 nitrogen and oxygen atoms in total. The maximum absolute atomic E-state index is 11.0. The molecule has 0 aliphatic carbocycles. The Labute approximate surface area is 173 Å². The highest BCUT2D eigenvalue weighted by Crippen LogP contribution is 2.00. The second-order valence-corrected chi connectivity index (χ2v) is 6.37. The van der Waals surface area contributed by atoms with E-state index in [1.165, 1.54) is 0 Å². The van der Waals surface area contributed by atoms with Crippen molar-refractivity contribution < 1.29 is 23.7 Å². The summed E-state index contributed by atoms with van der Waals surface area (Å²) in [6, 6.07) is 0. The molecule has 0 radical (unpaired) electrons. The number of ether oxygens (including phenoxy) is 4. The lowest BCUT2D eigenvalue weighted by molar-refractivity contribution is -0.121. The van der Waals surface area contributed by atoms with Gasteiger partial charge in [0.15, 0.2) is 0 Å². The predicted molar refractivity (Wildman–Crippen MR) is 109 cm³/mol. The molecule has 3 N–H and O–H groups in total. The van der Waals surface area contributed by atoms with Crippen LogP contribution in [0, 0.1) is 0 Å². The number of nitrogens with one attached hydrogen (secondary N) is 1. The van der Waals surface area contributed by atoms with Crippen LogP contribution >= 0.6 is 0 Å². The number of hydrogen-bond donors (Lipinski definition) is 2. The molecule has 0 atom stereocenters. The summed E-state index contributed by atoms with van der Waals surface area (Å²) < 4.78 is 23.5. The van der Waals surface area contributed by atoms with Crippen molar-refractivity contribution in [3.63, 3.8) is 0 Å². The van der Waals surface area contributed by atoms with Gasteiger partial charge in [0.25, 0.3) is 0 Å². The molecule has 0 aliphatic heterocycles. The number of carbonyl (C=O) groups excluding carboxylic acids is 1. The van der Waals surface area contributed by atoms with Gasteiger partial charge in [0.2, 0.25) is 5.91 Å². The molecular formula is C19H37N5O5. The minimum Gasteiger partial charge on any atom is -0.377 e. The van der Waals surface area contributed by atoms with Gasteiger partial charge in [-0.05, 0) is 25.8 Å². The molecule has 0 aliphatic rings. The molecule has 0 saturated carbocycles. The van der Waals surface area contributed by atoms with Gasteiger partial charge in [-0.1, -0.05) is 12.1 Å². The van der Waals surface area contributed by atoms with Crippen LogP contribution in [0.2, 0.25) is 0 Å². The summed E-state index contributed by atoms with van der Waals surface area (Å²) in [5, 5.41) is 11.0. The number of aromatic nitrogens is 3. The number of rotatable bonds is 20. The lowest BCUT2D eigenvalue weighted by Crippen LogP contribution is -2.26. The van der Waals surface area contributed by atoms with Gasteiger partial charge in [-0.15, -0.1) is 5.10 Å². The van der Waals surface area contributed by atoms with Crippen LogP contribution in [-0.2, 0) is 36.7 Å². The van der Waals surface area contributed by atoms with Crippen LogP contribution in [-0.4, -0.2) is 86.8 Å². The first-order chi connectivity index (χ1) is 14.3. The fourth-order valence-corrected chi connectivity index (χ4v) is 2.32. The highest BCUT2D eigenvalue weighted by Gasteiger charge is 2.01. The Balaban J connectivity index is 1.80. The van der Waals surface area contributed by atoms with E-state index in [0.717, 1.165) is 25.0 Å². The van der Waals surface area contributed by atoms with E-state index in [-0.39, 0.29) is 5.91 Å². The summed E-state index contributed by atoms with van der Waals surface area (Å²) in [7, 11) is 0. The van der Waals surface area contributed by atoms with Crippen molar-refractivity contribution >= 4 is 5.91 Å². The third kappa shape index (κ3) is 15.0. The van der Waals surface area contributed by atoms with Gasteiger partial charge in [-0.3, -0.25) is 4.79 Å². The molecule has 0 spiro atoms. The summed E-state index contributed by atoms with van der Waals surface area (Å²) in [6.07, 6.45) is 5.41. The molecule has 0 saturated heterocycles. The van der Waals surface area contributed by atoms with Crippen LogP contribution in [0.25, 0.3) is 0 Å². The number of hydrogen-bond acceptors (Lipinski definition) is 8. The van der Waals surface area contributed by atoms with Gasteiger partial charge in [0.05, 0.1) is 65.1 Å². The van der Waals surface area contributed by atoms with Crippen molar-refractivity contribution in [2.75, 3.05) is 65.9 Å². The van der Waals surface area contributed by atoms with E-state index in [4.69, 9.17) is 24.7 Å². The average Bonchev–Trinajstić information content (AvgIpc) is 3.18. The summed E-state index contributed by atoms with van der Waals surface area (Å²) in [5.41, 5.74) is 6.48. The molecule has 0 unspecified atom stereocenters. The number of nitrogens with zero attached hydrogens (tertiary/aromatic N) is 3. The van der Waals surface area contributed by atoms with Gasteiger partial charge in [0, 0.05) is 19.2 Å². The Hall–Kier alpha value is -1.59. The molecule has 1 heterocycles. The van der Waals surface area contributed by atoms with Gasteiger partial charge in [-0.25, -0.2) is 4.68 Å². The Morgan fingerprint density at radius 2 is 1.62 bits per heavy atom. The topological polar surface area (TPSA) is 123 Å². The van der Waals surface area contributed by atoms with E-state index in [1.54, 1.807) is 4.68 Å². The van der Waals surface area contributed by atoms with E-state index in [9.17, 15) is 4.79 Å². The van der Waals surface area contributed by atoms with E-state index in [2.05, 4.69) is 15.6 Å².